The highest BCUT2D eigenvalue weighted by Crippen LogP contribution is 2.24. The zero-order chi connectivity index (χ0) is 17.5. The maximum atomic E-state index is 6.04. The van der Waals surface area contributed by atoms with Crippen molar-refractivity contribution in [1.29, 1.82) is 0 Å². The number of hydrogen-bond donors (Lipinski definition) is 1. The molecule has 2 nitrogen and oxygen atoms in total. The number of rotatable bonds is 7. The van der Waals surface area contributed by atoms with Crippen molar-refractivity contribution in [2.75, 3.05) is 5.32 Å². The van der Waals surface area contributed by atoms with Crippen LogP contribution in [0.3, 0.4) is 0 Å². The van der Waals surface area contributed by atoms with Gasteiger partial charge in [0.15, 0.2) is 0 Å². The maximum absolute atomic E-state index is 6.04. The van der Waals surface area contributed by atoms with Crippen LogP contribution in [0.25, 0.3) is 6.08 Å². The van der Waals surface area contributed by atoms with Crippen LogP contribution in [0.1, 0.15) is 42.5 Å². The summed E-state index contributed by atoms with van der Waals surface area (Å²) in [5, 5.41) is 3.31. The van der Waals surface area contributed by atoms with Gasteiger partial charge in [0.25, 0.3) is 0 Å². The Balaban J connectivity index is 2.19. The number of hydrogen-bond acceptors (Lipinski definition) is 2. The Morgan fingerprint density at radius 3 is 2.62 bits per heavy atom. The molecule has 1 N–H and O–H groups in total. The minimum atomic E-state index is 0.498. The Bertz CT molecular complexity index is 737. The molecule has 3 heteroatoms. The molecule has 0 saturated heterocycles. The molecule has 2 aromatic rings. The molecule has 0 heterocycles. The predicted molar refractivity (Wildman–Crippen MR) is 108 cm³/mol. The molecule has 0 aliphatic heterocycles. The second-order valence-corrected chi connectivity index (χ2v) is 6.26. The van der Waals surface area contributed by atoms with Crippen LogP contribution in [-0.4, -0.2) is 4.99 Å². The van der Waals surface area contributed by atoms with E-state index >= 15 is 0 Å². The Hall–Kier alpha value is -2.13. The van der Waals surface area contributed by atoms with Gasteiger partial charge in [0.2, 0.25) is 0 Å². The van der Waals surface area contributed by atoms with Gasteiger partial charge in [0.1, 0.15) is 12.4 Å². The van der Waals surface area contributed by atoms with E-state index in [0.29, 0.717) is 6.61 Å². The van der Waals surface area contributed by atoms with Gasteiger partial charge in [-0.2, -0.15) is 0 Å². The summed E-state index contributed by atoms with van der Waals surface area (Å²) in [7, 11) is 0. The Kier molecular flexibility index (Phi) is 6.56. The largest absolute Gasteiger partial charge is 0.489 e. The van der Waals surface area contributed by atoms with Gasteiger partial charge < -0.3 is 10.1 Å². The highest BCUT2D eigenvalue weighted by atomic mass is 32.1. The van der Waals surface area contributed by atoms with E-state index in [-0.39, 0.29) is 0 Å². The Morgan fingerprint density at radius 1 is 1.21 bits per heavy atom. The van der Waals surface area contributed by atoms with Crippen LogP contribution in [0.2, 0.25) is 0 Å². The van der Waals surface area contributed by atoms with Gasteiger partial charge in [-0.15, -0.1) is 0 Å². The topological polar surface area (TPSA) is 21.3 Å². The summed E-state index contributed by atoms with van der Waals surface area (Å²) in [5.74, 6) is 0.920. The number of nitrogens with one attached hydrogen (secondary N) is 1. The number of anilines is 1. The molecule has 0 amide bonds. The second kappa shape index (κ2) is 8.65. The van der Waals surface area contributed by atoms with Crippen molar-refractivity contribution in [2.45, 2.75) is 40.2 Å². The van der Waals surface area contributed by atoms with E-state index in [1.54, 1.807) is 0 Å². The first kappa shape index (κ1) is 18.2. The molecule has 0 aliphatic rings. The summed E-state index contributed by atoms with van der Waals surface area (Å²) >= 11 is 5.32. The lowest BCUT2D eigenvalue weighted by atomic mass is 10.1. The Morgan fingerprint density at radius 2 is 2.00 bits per heavy atom. The van der Waals surface area contributed by atoms with Crippen LogP contribution in [0, 0.1) is 6.92 Å². The smallest absolute Gasteiger partial charge is 0.122 e. The molecule has 0 aromatic heterocycles. The molecule has 0 atom stereocenters. The molecular weight excluding hydrogens is 314 g/mol. The van der Waals surface area contributed by atoms with Crippen LogP contribution < -0.4 is 10.1 Å². The van der Waals surface area contributed by atoms with Crippen molar-refractivity contribution in [1.82, 2.24) is 0 Å². The summed E-state index contributed by atoms with van der Waals surface area (Å²) in [6, 6.07) is 12.5. The fourth-order valence-electron chi connectivity index (χ4n) is 2.45. The van der Waals surface area contributed by atoms with Crippen molar-refractivity contribution in [2.24, 2.45) is 0 Å². The van der Waals surface area contributed by atoms with Gasteiger partial charge in [-0.3, -0.25) is 0 Å². The lowest BCUT2D eigenvalue weighted by Crippen LogP contribution is -2.10. The van der Waals surface area contributed by atoms with E-state index in [1.165, 1.54) is 5.56 Å². The molecule has 0 aliphatic carbocycles. The number of thiocarbonyl (C=S) groups is 1. The average Bonchev–Trinajstić information content (AvgIpc) is 2.61. The van der Waals surface area contributed by atoms with Crippen molar-refractivity contribution < 1.29 is 4.74 Å². The van der Waals surface area contributed by atoms with Crippen molar-refractivity contribution in [3.63, 3.8) is 0 Å². The molecule has 24 heavy (non-hydrogen) atoms. The summed E-state index contributed by atoms with van der Waals surface area (Å²) < 4.78 is 6.04. The summed E-state index contributed by atoms with van der Waals surface area (Å²) in [5.41, 5.74) is 5.61. The van der Waals surface area contributed by atoms with Crippen LogP contribution in [0.15, 0.2) is 43.0 Å². The third-order valence-corrected chi connectivity index (χ3v) is 4.39. The molecule has 2 rings (SSSR count). The van der Waals surface area contributed by atoms with E-state index in [2.05, 4.69) is 56.1 Å². The molecular formula is C21H25NOS. The van der Waals surface area contributed by atoms with Crippen LogP contribution in [0.5, 0.6) is 5.75 Å². The summed E-state index contributed by atoms with van der Waals surface area (Å²) in [4.78, 5) is 0.820. The Labute approximate surface area is 150 Å². The van der Waals surface area contributed by atoms with Crippen molar-refractivity contribution in [3.05, 3.63) is 65.2 Å². The highest BCUT2D eigenvalue weighted by molar-refractivity contribution is 7.80. The molecule has 0 spiro atoms. The third-order valence-electron chi connectivity index (χ3n) is 4.00. The van der Waals surface area contributed by atoms with Crippen molar-refractivity contribution >= 4 is 29.0 Å². The van der Waals surface area contributed by atoms with E-state index in [0.717, 1.165) is 46.0 Å². The minimum Gasteiger partial charge on any atom is -0.489 e. The van der Waals surface area contributed by atoms with Crippen LogP contribution in [0.4, 0.5) is 5.69 Å². The highest BCUT2D eigenvalue weighted by Gasteiger charge is 2.07. The first-order valence-corrected chi connectivity index (χ1v) is 8.75. The monoisotopic (exact) mass is 339 g/mol. The number of aryl methyl sites for hydroxylation is 2. The molecule has 126 valence electrons. The lowest BCUT2D eigenvalue weighted by Gasteiger charge is -2.15. The van der Waals surface area contributed by atoms with E-state index < -0.39 is 0 Å². The number of benzene rings is 2. The van der Waals surface area contributed by atoms with Crippen LogP contribution in [-0.2, 0) is 13.0 Å². The quantitative estimate of drug-likeness (QED) is 0.632. The minimum absolute atomic E-state index is 0.498. The molecule has 0 unspecified atom stereocenters. The zero-order valence-electron chi connectivity index (χ0n) is 14.7. The van der Waals surface area contributed by atoms with Gasteiger partial charge in [0.05, 0.1) is 4.99 Å². The molecule has 0 fully saturated rings. The molecule has 0 bridgehead atoms. The summed E-state index contributed by atoms with van der Waals surface area (Å²) in [6.07, 6.45) is 3.68. The normalized spacial score (nSPS) is 10.3. The second-order valence-electron chi connectivity index (χ2n) is 5.76. The predicted octanol–water partition coefficient (Wildman–Crippen LogP) is 5.93. The van der Waals surface area contributed by atoms with E-state index in [9.17, 15) is 0 Å². The van der Waals surface area contributed by atoms with E-state index in [4.69, 9.17) is 17.0 Å². The lowest BCUT2D eigenvalue weighted by molar-refractivity contribution is 0.304. The van der Waals surface area contributed by atoms with Crippen molar-refractivity contribution in [3.8, 4) is 5.75 Å². The first-order chi connectivity index (χ1) is 11.6. The maximum Gasteiger partial charge on any atom is 0.122 e. The fraction of sp³-hybridized carbons (Fsp3) is 0.286. The van der Waals surface area contributed by atoms with Gasteiger partial charge in [-0.25, -0.2) is 0 Å². The van der Waals surface area contributed by atoms with Gasteiger partial charge in [-0.05, 0) is 48.6 Å². The average molecular weight is 340 g/mol. The van der Waals surface area contributed by atoms with E-state index in [1.807, 2.05) is 19.1 Å². The number of ether oxygens (including phenoxy) is 1. The fourth-order valence-corrected chi connectivity index (χ4v) is 2.56. The standard InChI is InChI=1S/C21H25NOS/c1-5-16-9-11-20(15(4)12-16)23-14-18-10-8-17(6-2)13-19(18)22-21(24)7-3/h6,8-13H,2,5,7,14H2,1,3-4H3,(H,22,24). The summed E-state index contributed by atoms with van der Waals surface area (Å²) in [6.45, 7) is 10.6. The molecule has 2 aromatic carbocycles. The van der Waals surface area contributed by atoms with Gasteiger partial charge in [-0.1, -0.05) is 63.0 Å². The van der Waals surface area contributed by atoms with Crippen LogP contribution >= 0.6 is 12.2 Å². The molecule has 0 radical (unpaired) electrons. The third kappa shape index (κ3) is 4.68. The molecule has 0 saturated carbocycles. The zero-order valence-corrected chi connectivity index (χ0v) is 15.5. The van der Waals surface area contributed by atoms with Gasteiger partial charge in [0, 0.05) is 11.3 Å². The first-order valence-electron chi connectivity index (χ1n) is 8.34. The SMILES string of the molecule is C=Cc1ccc(COc2ccc(CC)cc2C)c(NC(=S)CC)c1. The van der Waals surface area contributed by atoms with Gasteiger partial charge >= 0.3 is 0 Å².